The first-order chi connectivity index (χ1) is 7.20. The summed E-state index contributed by atoms with van der Waals surface area (Å²) in [6.07, 6.45) is 10.7. The fraction of sp³-hybridized carbons (Fsp3) is 0.769. The van der Waals surface area contributed by atoms with Crippen LogP contribution in [0.5, 0.6) is 0 Å². The van der Waals surface area contributed by atoms with E-state index >= 15 is 0 Å². The van der Waals surface area contributed by atoms with Crippen LogP contribution in [0.15, 0.2) is 0 Å². The largest absolute Gasteiger partial charge is 0.331 e. The summed E-state index contributed by atoms with van der Waals surface area (Å²) in [6, 6.07) is 0. The SMILES string of the molecule is C#CCN(CC)C(=O)C1(CC)CCCC1. The van der Waals surface area contributed by atoms with E-state index in [2.05, 4.69) is 12.8 Å². The van der Waals surface area contributed by atoms with Gasteiger partial charge in [0.1, 0.15) is 0 Å². The smallest absolute Gasteiger partial charge is 0.229 e. The Morgan fingerprint density at radius 1 is 1.40 bits per heavy atom. The fourth-order valence-corrected chi connectivity index (χ4v) is 2.54. The molecule has 15 heavy (non-hydrogen) atoms. The van der Waals surface area contributed by atoms with Gasteiger partial charge in [-0.15, -0.1) is 6.42 Å². The van der Waals surface area contributed by atoms with Gasteiger partial charge >= 0.3 is 0 Å². The Balaban J connectivity index is 2.75. The van der Waals surface area contributed by atoms with E-state index < -0.39 is 0 Å². The summed E-state index contributed by atoms with van der Waals surface area (Å²) < 4.78 is 0. The van der Waals surface area contributed by atoms with Crippen LogP contribution in [0.4, 0.5) is 0 Å². The fourth-order valence-electron chi connectivity index (χ4n) is 2.54. The molecule has 0 aliphatic heterocycles. The van der Waals surface area contributed by atoms with E-state index in [9.17, 15) is 4.79 Å². The highest BCUT2D eigenvalue weighted by atomic mass is 16.2. The van der Waals surface area contributed by atoms with Crippen molar-refractivity contribution in [1.29, 1.82) is 0 Å². The Bertz CT molecular complexity index is 258. The summed E-state index contributed by atoms with van der Waals surface area (Å²) in [6.45, 7) is 5.29. The highest BCUT2D eigenvalue weighted by Gasteiger charge is 2.41. The zero-order chi connectivity index (χ0) is 11.3. The molecule has 0 aromatic rings. The van der Waals surface area contributed by atoms with Crippen molar-refractivity contribution in [2.45, 2.75) is 46.0 Å². The maximum atomic E-state index is 12.3. The van der Waals surface area contributed by atoms with Gasteiger partial charge in [-0.2, -0.15) is 0 Å². The molecule has 0 unspecified atom stereocenters. The topological polar surface area (TPSA) is 20.3 Å². The van der Waals surface area contributed by atoms with E-state index in [0.29, 0.717) is 6.54 Å². The van der Waals surface area contributed by atoms with Gasteiger partial charge in [-0.25, -0.2) is 0 Å². The minimum absolute atomic E-state index is 0.0904. The molecule has 1 fully saturated rings. The third-order valence-electron chi connectivity index (χ3n) is 3.64. The van der Waals surface area contributed by atoms with E-state index in [-0.39, 0.29) is 11.3 Å². The molecule has 2 heteroatoms. The first kappa shape index (κ1) is 12.1. The lowest BCUT2D eigenvalue weighted by molar-refractivity contribution is -0.141. The van der Waals surface area contributed by atoms with Crippen LogP contribution in [-0.4, -0.2) is 23.9 Å². The summed E-state index contributed by atoms with van der Waals surface area (Å²) >= 11 is 0. The molecule has 84 valence electrons. The zero-order valence-electron chi connectivity index (χ0n) is 9.88. The average Bonchev–Trinajstić information content (AvgIpc) is 2.74. The Labute approximate surface area is 93.0 Å². The quantitative estimate of drug-likeness (QED) is 0.648. The van der Waals surface area contributed by atoms with Gasteiger partial charge in [0, 0.05) is 12.0 Å². The molecule has 0 spiro atoms. The minimum Gasteiger partial charge on any atom is -0.331 e. The Morgan fingerprint density at radius 3 is 2.40 bits per heavy atom. The summed E-state index contributed by atoms with van der Waals surface area (Å²) in [7, 11) is 0. The van der Waals surface area contributed by atoms with Crippen LogP contribution in [-0.2, 0) is 4.79 Å². The molecule has 0 saturated heterocycles. The van der Waals surface area contributed by atoms with Gasteiger partial charge in [-0.1, -0.05) is 25.7 Å². The number of carbonyl (C=O) groups is 1. The van der Waals surface area contributed by atoms with Gasteiger partial charge in [0.25, 0.3) is 0 Å². The van der Waals surface area contributed by atoms with Crippen LogP contribution in [0.3, 0.4) is 0 Å². The summed E-state index contributed by atoms with van der Waals surface area (Å²) in [5.74, 6) is 2.85. The average molecular weight is 207 g/mol. The number of nitrogens with zero attached hydrogens (tertiary/aromatic N) is 1. The minimum atomic E-state index is -0.0904. The lowest BCUT2D eigenvalue weighted by Gasteiger charge is -2.32. The second kappa shape index (κ2) is 5.21. The third kappa shape index (κ3) is 2.34. The second-order valence-electron chi connectivity index (χ2n) is 4.36. The maximum absolute atomic E-state index is 12.3. The van der Waals surface area contributed by atoms with Crippen molar-refractivity contribution in [1.82, 2.24) is 4.90 Å². The molecule has 0 heterocycles. The van der Waals surface area contributed by atoms with Crippen molar-refractivity contribution < 1.29 is 4.79 Å². The molecule has 1 rings (SSSR count). The number of hydrogen-bond donors (Lipinski definition) is 0. The van der Waals surface area contributed by atoms with E-state index in [1.165, 1.54) is 12.8 Å². The normalized spacial score (nSPS) is 18.5. The van der Waals surface area contributed by atoms with E-state index in [1.54, 1.807) is 0 Å². The van der Waals surface area contributed by atoms with Gasteiger partial charge in [-0.3, -0.25) is 4.79 Å². The monoisotopic (exact) mass is 207 g/mol. The van der Waals surface area contributed by atoms with Crippen LogP contribution in [0.2, 0.25) is 0 Å². The van der Waals surface area contributed by atoms with Crippen molar-refractivity contribution >= 4 is 5.91 Å². The molecular formula is C13H21NO. The van der Waals surface area contributed by atoms with Crippen LogP contribution in [0.1, 0.15) is 46.0 Å². The molecule has 0 aromatic carbocycles. The van der Waals surface area contributed by atoms with Crippen molar-refractivity contribution in [3.8, 4) is 12.3 Å². The number of terminal acetylenes is 1. The predicted molar refractivity (Wildman–Crippen MR) is 62.3 cm³/mol. The van der Waals surface area contributed by atoms with Crippen molar-refractivity contribution in [3.05, 3.63) is 0 Å². The van der Waals surface area contributed by atoms with E-state index in [1.807, 2.05) is 11.8 Å². The van der Waals surface area contributed by atoms with Crippen molar-refractivity contribution in [3.63, 3.8) is 0 Å². The van der Waals surface area contributed by atoms with Crippen LogP contribution >= 0.6 is 0 Å². The first-order valence-electron chi connectivity index (χ1n) is 5.93. The van der Waals surface area contributed by atoms with Crippen molar-refractivity contribution in [2.24, 2.45) is 5.41 Å². The van der Waals surface area contributed by atoms with Gasteiger partial charge in [0.05, 0.1) is 6.54 Å². The molecule has 0 radical (unpaired) electrons. The van der Waals surface area contributed by atoms with Crippen LogP contribution in [0.25, 0.3) is 0 Å². The number of carbonyl (C=O) groups excluding carboxylic acids is 1. The Kier molecular flexibility index (Phi) is 4.20. The van der Waals surface area contributed by atoms with E-state index in [4.69, 9.17) is 6.42 Å². The summed E-state index contributed by atoms with van der Waals surface area (Å²) in [5.41, 5.74) is -0.0904. The molecular weight excluding hydrogens is 186 g/mol. The Hall–Kier alpha value is -0.970. The first-order valence-corrected chi connectivity index (χ1v) is 5.93. The molecule has 1 saturated carbocycles. The number of rotatable bonds is 4. The molecule has 0 bridgehead atoms. The van der Waals surface area contributed by atoms with Gasteiger partial charge in [-0.05, 0) is 26.2 Å². The van der Waals surface area contributed by atoms with Crippen LogP contribution in [0, 0.1) is 17.8 Å². The zero-order valence-corrected chi connectivity index (χ0v) is 9.88. The molecule has 0 N–H and O–H groups in total. The van der Waals surface area contributed by atoms with Crippen molar-refractivity contribution in [2.75, 3.05) is 13.1 Å². The number of hydrogen-bond acceptors (Lipinski definition) is 1. The highest BCUT2D eigenvalue weighted by molar-refractivity contribution is 5.83. The Morgan fingerprint density at radius 2 is 2.00 bits per heavy atom. The summed E-state index contributed by atoms with van der Waals surface area (Å²) in [4.78, 5) is 14.2. The standard InChI is InChI=1S/C13H21NO/c1-4-11-14(6-3)12(15)13(5-2)9-7-8-10-13/h1H,5-11H2,2-3H3. The van der Waals surface area contributed by atoms with Gasteiger partial charge in [0.15, 0.2) is 0 Å². The lowest BCUT2D eigenvalue weighted by Crippen LogP contribution is -2.42. The predicted octanol–water partition coefficient (Wildman–Crippen LogP) is 2.44. The molecule has 1 aliphatic rings. The van der Waals surface area contributed by atoms with Gasteiger partial charge in [0.2, 0.25) is 5.91 Å². The van der Waals surface area contributed by atoms with Gasteiger partial charge < -0.3 is 4.90 Å². The maximum Gasteiger partial charge on any atom is 0.229 e. The summed E-state index contributed by atoms with van der Waals surface area (Å²) in [5, 5.41) is 0. The highest BCUT2D eigenvalue weighted by Crippen LogP contribution is 2.42. The molecule has 1 aliphatic carbocycles. The molecule has 1 amide bonds. The molecule has 0 atom stereocenters. The molecule has 0 aromatic heterocycles. The number of amides is 1. The third-order valence-corrected chi connectivity index (χ3v) is 3.64. The van der Waals surface area contributed by atoms with E-state index in [0.717, 1.165) is 25.8 Å². The molecule has 2 nitrogen and oxygen atoms in total. The lowest BCUT2D eigenvalue weighted by atomic mass is 9.82. The second-order valence-corrected chi connectivity index (χ2v) is 4.36. The van der Waals surface area contributed by atoms with Crippen LogP contribution < -0.4 is 0 Å².